The van der Waals surface area contributed by atoms with Gasteiger partial charge in [-0.2, -0.15) is 4.99 Å². The van der Waals surface area contributed by atoms with E-state index < -0.39 is 17.8 Å². The van der Waals surface area contributed by atoms with E-state index in [9.17, 15) is 0 Å². The lowest BCUT2D eigenvalue weighted by atomic mass is 9.66. The molecular weight excluding hydrogens is 847 g/mol. The second-order valence-electron chi connectivity index (χ2n) is 22.0. The molecule has 10 heteroatoms. The first kappa shape index (κ1) is 60.0. The van der Waals surface area contributed by atoms with Gasteiger partial charge in [-0.3, -0.25) is 0 Å². The molecule has 15 unspecified atom stereocenters. The number of hydrogen-bond acceptors (Lipinski definition) is 6. The molecule has 1 radical (unpaired) electrons. The van der Waals surface area contributed by atoms with Gasteiger partial charge in [0.25, 0.3) is 0 Å². The predicted molar refractivity (Wildman–Crippen MR) is 287 cm³/mol. The zero-order chi connectivity index (χ0) is 48.7. The molecule has 15 atom stereocenters. The van der Waals surface area contributed by atoms with Crippen LogP contribution in [0.1, 0.15) is 166 Å². The van der Waals surface area contributed by atoms with E-state index in [4.69, 9.17) is 37.4 Å². The van der Waals surface area contributed by atoms with Crippen LogP contribution in [-0.2, 0) is 13.0 Å². The highest BCUT2D eigenvalue weighted by molar-refractivity contribution is 7.80. The third-order valence-electron chi connectivity index (χ3n) is 17.0. The van der Waals surface area contributed by atoms with E-state index in [1.807, 2.05) is 24.3 Å². The van der Waals surface area contributed by atoms with Crippen LogP contribution >= 0.6 is 24.4 Å². The third kappa shape index (κ3) is 18.6. The first-order valence-electron chi connectivity index (χ1n) is 25.3. The Morgan fingerprint density at radius 2 is 0.905 bits per heavy atom. The summed E-state index contributed by atoms with van der Waals surface area (Å²) in [6.07, 6.45) is 0.759. The van der Waals surface area contributed by atoms with Gasteiger partial charge in [0.05, 0.1) is 10.8 Å². The van der Waals surface area contributed by atoms with Crippen molar-refractivity contribution < 1.29 is 13.0 Å². The largest absolute Gasteiger partial charge is 0.490 e. The van der Waals surface area contributed by atoms with Crippen LogP contribution in [0.4, 0.5) is 11.4 Å². The molecule has 0 saturated heterocycles. The van der Waals surface area contributed by atoms with Gasteiger partial charge in [-0.1, -0.05) is 132 Å². The minimum atomic E-state index is -3.21. The van der Waals surface area contributed by atoms with E-state index in [1.54, 1.807) is 0 Å². The smallest absolute Gasteiger partial charge is 0.414 e. The SMILES string of the molecule is CC(C)O[Si](CCCNC(=S)Nc1ccc(N=C=S)cc1)(OC(C)C)O[Si](C(C)C(C)C(C)C(C)C(C)C(C)C(C)C)C(C)C(C)C(C)C(C)C(C)C(C)C(C)C(C)C(C)C(C)C. The number of nitrogens with one attached hydrogen (secondary N) is 2. The number of isothiocyanates is 1. The topological polar surface area (TPSA) is 64.1 Å². The minimum Gasteiger partial charge on any atom is -0.414 e. The van der Waals surface area contributed by atoms with Crippen molar-refractivity contribution in [3.63, 3.8) is 0 Å². The normalized spacial score (nSPS) is 19.9. The van der Waals surface area contributed by atoms with Gasteiger partial charge < -0.3 is 23.6 Å². The lowest BCUT2D eigenvalue weighted by Gasteiger charge is -2.46. The second-order valence-corrected chi connectivity index (χ2v) is 28.4. The van der Waals surface area contributed by atoms with Crippen LogP contribution in [0.25, 0.3) is 0 Å². The Balaban J connectivity index is 3.62. The number of nitrogens with zero attached hydrogens (tertiary/aromatic N) is 1. The number of hydrogen-bond donors (Lipinski definition) is 2. The molecule has 0 saturated carbocycles. The lowest BCUT2D eigenvalue weighted by Crippen LogP contribution is -2.55. The van der Waals surface area contributed by atoms with Crippen LogP contribution in [-0.4, -0.2) is 46.9 Å². The molecule has 63 heavy (non-hydrogen) atoms. The van der Waals surface area contributed by atoms with Crippen molar-refractivity contribution in [3.8, 4) is 0 Å². The minimum absolute atomic E-state index is 0.0261. The molecule has 0 aliphatic carbocycles. The number of thiocarbonyl (C=S) groups is 2. The van der Waals surface area contributed by atoms with E-state index in [0.717, 1.165) is 23.8 Å². The van der Waals surface area contributed by atoms with Crippen molar-refractivity contribution in [2.75, 3.05) is 11.9 Å². The molecule has 0 fully saturated rings. The Labute approximate surface area is 404 Å². The quantitative estimate of drug-likeness (QED) is 0.0359. The van der Waals surface area contributed by atoms with E-state index in [-0.39, 0.29) is 12.2 Å². The summed E-state index contributed by atoms with van der Waals surface area (Å²) in [7, 11) is -4.73. The van der Waals surface area contributed by atoms with Gasteiger partial charge in [0.2, 0.25) is 9.04 Å². The average Bonchev–Trinajstić information content (AvgIpc) is 3.23. The van der Waals surface area contributed by atoms with Gasteiger partial charge in [0.1, 0.15) is 0 Å². The molecule has 6 nitrogen and oxygen atoms in total. The summed E-state index contributed by atoms with van der Waals surface area (Å²) in [5.74, 6) is 9.22. The molecule has 0 bridgehead atoms. The fourth-order valence-corrected chi connectivity index (χ4v) is 18.9. The van der Waals surface area contributed by atoms with Crippen molar-refractivity contribution in [2.45, 2.75) is 195 Å². The van der Waals surface area contributed by atoms with Crippen molar-refractivity contribution in [3.05, 3.63) is 24.3 Å². The Morgan fingerprint density at radius 3 is 1.24 bits per heavy atom. The van der Waals surface area contributed by atoms with Gasteiger partial charge in [-0.25, -0.2) is 0 Å². The predicted octanol–water partition coefficient (Wildman–Crippen LogP) is 16.3. The molecule has 1 rings (SSSR count). The molecule has 1 aromatic carbocycles. The van der Waals surface area contributed by atoms with Crippen molar-refractivity contribution >= 4 is 63.9 Å². The number of anilines is 1. The van der Waals surface area contributed by atoms with Crippen LogP contribution in [0.2, 0.25) is 17.1 Å². The summed E-state index contributed by atoms with van der Waals surface area (Å²) in [5, 5.41) is 9.75. The summed E-state index contributed by atoms with van der Waals surface area (Å²) in [6, 6.07) is 8.39. The summed E-state index contributed by atoms with van der Waals surface area (Å²) in [4.78, 5) is 4.06. The molecule has 0 aromatic heterocycles. The Bertz CT molecular complexity index is 1480. The molecule has 0 amide bonds. The number of benzene rings is 1. The van der Waals surface area contributed by atoms with Gasteiger partial charge in [-0.15, -0.1) is 0 Å². The Kier molecular flexibility index (Phi) is 27.0. The maximum atomic E-state index is 7.89. The van der Waals surface area contributed by atoms with Crippen LogP contribution in [0, 0.1) is 88.8 Å². The summed E-state index contributed by atoms with van der Waals surface area (Å²) >= 11 is 10.5. The highest BCUT2D eigenvalue weighted by atomic mass is 32.1. The molecule has 365 valence electrons. The zero-order valence-corrected chi connectivity index (χ0v) is 48.5. The second kappa shape index (κ2) is 28.4. The number of rotatable bonds is 29. The highest BCUT2D eigenvalue weighted by Gasteiger charge is 2.50. The molecule has 0 heterocycles. The van der Waals surface area contributed by atoms with Crippen LogP contribution in [0.5, 0.6) is 0 Å². The third-order valence-corrected chi connectivity index (χ3v) is 25.0. The molecule has 0 aliphatic heterocycles. The van der Waals surface area contributed by atoms with Crippen LogP contribution < -0.4 is 10.6 Å². The molecular formula is C53H100N3O3S2Si2. The van der Waals surface area contributed by atoms with Crippen molar-refractivity contribution in [1.29, 1.82) is 0 Å². The summed E-state index contributed by atoms with van der Waals surface area (Å²) < 4.78 is 22.0. The van der Waals surface area contributed by atoms with Crippen LogP contribution in [0.15, 0.2) is 29.3 Å². The number of aliphatic imine (C=N–C) groups is 1. The van der Waals surface area contributed by atoms with E-state index in [2.05, 4.69) is 180 Å². The first-order valence-corrected chi connectivity index (χ1v) is 29.6. The van der Waals surface area contributed by atoms with E-state index >= 15 is 0 Å². The zero-order valence-electron chi connectivity index (χ0n) is 44.9. The molecule has 1 aromatic rings. The maximum absolute atomic E-state index is 7.89. The standard InChI is InChI=1S/C53H100N3O3S2Si2/c1-32(2)36(9)38(11)40(13)42(15)43(16)44(17)46(19)48(21)50(23)62(49(22)47(20)45(18)41(14)39(12)37(10)33(3)4)59-63(57-34(5)6,58-35(7)8)30-24-29-54-53(61)56-52-27-25-51(26-28-52)55-31-60/h25-28,32-50H,24,29-30H2,1-23H3,(H2,54,56,61). The molecule has 0 aliphatic rings. The monoisotopic (exact) mass is 947 g/mol. The van der Waals surface area contributed by atoms with Gasteiger partial charge in [-0.05, 0) is 183 Å². The summed E-state index contributed by atoms with van der Waals surface area (Å²) in [6.45, 7) is 56.4. The first-order chi connectivity index (χ1) is 29.1. The van der Waals surface area contributed by atoms with Crippen molar-refractivity contribution in [1.82, 2.24) is 5.32 Å². The van der Waals surface area contributed by atoms with E-state index in [1.165, 1.54) is 0 Å². The van der Waals surface area contributed by atoms with Gasteiger partial charge in [0.15, 0.2) is 5.11 Å². The maximum Gasteiger partial charge on any atom is 0.490 e. The average molecular weight is 948 g/mol. The Hall–Kier alpha value is -0.976. The van der Waals surface area contributed by atoms with E-state index in [0.29, 0.717) is 112 Å². The summed E-state index contributed by atoms with van der Waals surface area (Å²) in [5.41, 5.74) is 2.42. The fraction of sp³-hybridized carbons (Fsp3) is 0.849. The Morgan fingerprint density at radius 1 is 0.556 bits per heavy atom. The van der Waals surface area contributed by atoms with Gasteiger partial charge >= 0.3 is 8.80 Å². The molecule has 0 spiro atoms. The highest BCUT2D eigenvalue weighted by Crippen LogP contribution is 2.47. The molecule has 2 N–H and O–H groups in total. The van der Waals surface area contributed by atoms with Gasteiger partial charge in [0, 0.05) is 30.5 Å². The van der Waals surface area contributed by atoms with Crippen molar-refractivity contribution in [2.24, 2.45) is 93.8 Å². The van der Waals surface area contributed by atoms with Crippen LogP contribution in [0.3, 0.4) is 0 Å². The fourth-order valence-electron chi connectivity index (χ4n) is 10.0. The lowest BCUT2D eigenvalue weighted by molar-refractivity contribution is 0.0497.